The van der Waals surface area contributed by atoms with E-state index in [1.54, 1.807) is 61.5 Å². The molecule has 3 aromatic rings. The molecule has 0 bridgehead atoms. The molecule has 1 aliphatic heterocycles. The summed E-state index contributed by atoms with van der Waals surface area (Å²) in [7, 11) is 0. The second-order valence-corrected chi connectivity index (χ2v) is 8.92. The highest BCUT2D eigenvalue weighted by Gasteiger charge is 2.37. The molecule has 166 valence electrons. The van der Waals surface area contributed by atoms with Crippen LogP contribution in [0.1, 0.15) is 24.0 Å². The number of ether oxygens (including phenoxy) is 1. The first-order valence-electron chi connectivity index (χ1n) is 9.93. The lowest BCUT2D eigenvalue weighted by atomic mass is 9.84. The van der Waals surface area contributed by atoms with Crippen LogP contribution in [-0.2, 0) is 9.53 Å². The van der Waals surface area contributed by atoms with Crippen molar-refractivity contribution >= 4 is 58.0 Å². The third-order valence-electron chi connectivity index (χ3n) is 5.17. The van der Waals surface area contributed by atoms with Gasteiger partial charge in [-0.2, -0.15) is 5.26 Å². The number of benzene rings is 2. The van der Waals surface area contributed by atoms with Crippen LogP contribution in [0.15, 0.2) is 58.9 Å². The van der Waals surface area contributed by atoms with Crippen LogP contribution in [0.2, 0.25) is 10.0 Å². The van der Waals surface area contributed by atoms with Gasteiger partial charge in [0.15, 0.2) is 0 Å². The van der Waals surface area contributed by atoms with Gasteiger partial charge >= 0.3 is 5.97 Å². The zero-order chi connectivity index (χ0) is 23.7. The minimum Gasteiger partial charge on any atom is -0.463 e. The molecule has 0 unspecified atom stereocenters. The van der Waals surface area contributed by atoms with Crippen molar-refractivity contribution in [1.82, 2.24) is 4.57 Å². The second kappa shape index (κ2) is 9.28. The maximum atomic E-state index is 13.3. The molecule has 0 saturated carbocycles. The van der Waals surface area contributed by atoms with Crippen LogP contribution in [0.3, 0.4) is 0 Å². The number of aromatic nitrogens is 1. The van der Waals surface area contributed by atoms with E-state index in [1.165, 1.54) is 4.57 Å². The summed E-state index contributed by atoms with van der Waals surface area (Å²) in [6, 6.07) is 16.0. The van der Waals surface area contributed by atoms with Crippen LogP contribution in [-0.4, -0.2) is 17.1 Å². The minimum atomic E-state index is -0.881. The molecule has 2 heterocycles. The Morgan fingerprint density at radius 1 is 1.21 bits per heavy atom. The number of esters is 1. The Morgan fingerprint density at radius 2 is 1.88 bits per heavy atom. The van der Waals surface area contributed by atoms with E-state index >= 15 is 0 Å². The van der Waals surface area contributed by atoms with Crippen LogP contribution >= 0.6 is 34.5 Å². The molecule has 0 spiro atoms. The number of halogens is 2. The first kappa shape index (κ1) is 22.9. The number of hydrogen-bond donors (Lipinski definition) is 1. The molecule has 0 fully saturated rings. The molecule has 2 N–H and O–H groups in total. The first-order chi connectivity index (χ1) is 15.9. The SMILES string of the molecule is CCOC(=O)C1=c2s/c(=C\c3ccccc3Cl)c(=O)n2C(N)=C(C#N)[C@@H]1c1ccccc1Cl. The third kappa shape index (κ3) is 3.98. The van der Waals surface area contributed by atoms with Gasteiger partial charge in [0, 0.05) is 10.0 Å². The van der Waals surface area contributed by atoms with Crippen molar-refractivity contribution in [2.75, 3.05) is 6.61 Å². The summed E-state index contributed by atoms with van der Waals surface area (Å²) in [4.78, 5) is 26.5. The summed E-state index contributed by atoms with van der Waals surface area (Å²) < 4.78 is 7.09. The topological polar surface area (TPSA) is 98.1 Å². The van der Waals surface area contributed by atoms with E-state index < -0.39 is 17.4 Å². The lowest BCUT2D eigenvalue weighted by Gasteiger charge is -2.25. The molecule has 1 atom stereocenters. The quantitative estimate of drug-likeness (QED) is 0.558. The van der Waals surface area contributed by atoms with E-state index in [9.17, 15) is 14.9 Å². The number of carbonyl (C=O) groups is 1. The Kier molecular flexibility index (Phi) is 6.43. The fourth-order valence-electron chi connectivity index (χ4n) is 3.71. The van der Waals surface area contributed by atoms with Crippen molar-refractivity contribution in [3.63, 3.8) is 0 Å². The van der Waals surface area contributed by atoms with Crippen molar-refractivity contribution in [3.05, 3.63) is 94.8 Å². The first-order valence-corrected chi connectivity index (χ1v) is 11.5. The normalized spacial score (nSPS) is 15.9. The summed E-state index contributed by atoms with van der Waals surface area (Å²) in [5.74, 6) is -1.58. The predicted octanol–water partition coefficient (Wildman–Crippen LogP) is 3.21. The molecule has 1 aromatic heterocycles. The number of hydrogen-bond acceptors (Lipinski definition) is 6. The largest absolute Gasteiger partial charge is 0.463 e. The number of fused-ring (bicyclic) bond motifs is 1. The van der Waals surface area contributed by atoms with E-state index in [2.05, 4.69) is 6.07 Å². The summed E-state index contributed by atoms with van der Waals surface area (Å²) in [6.07, 6.45) is 1.63. The Labute approximate surface area is 203 Å². The van der Waals surface area contributed by atoms with Crippen LogP contribution in [0, 0.1) is 11.3 Å². The van der Waals surface area contributed by atoms with Gasteiger partial charge in [0.2, 0.25) is 0 Å². The van der Waals surface area contributed by atoms with Crippen LogP contribution < -0.4 is 20.5 Å². The highest BCUT2D eigenvalue weighted by Crippen LogP contribution is 2.39. The third-order valence-corrected chi connectivity index (χ3v) is 6.97. The smallest absolute Gasteiger partial charge is 0.338 e. The lowest BCUT2D eigenvalue weighted by molar-refractivity contribution is -0.136. The van der Waals surface area contributed by atoms with Gasteiger partial charge in [-0.05, 0) is 36.3 Å². The number of thiazole rings is 1. The van der Waals surface area contributed by atoms with Gasteiger partial charge in [-0.3, -0.25) is 9.36 Å². The fourth-order valence-corrected chi connectivity index (χ4v) is 5.30. The Morgan fingerprint density at radius 3 is 2.52 bits per heavy atom. The van der Waals surface area contributed by atoms with Crippen LogP contribution in [0.4, 0.5) is 0 Å². The van der Waals surface area contributed by atoms with E-state index in [0.29, 0.717) is 25.7 Å². The highest BCUT2D eigenvalue weighted by atomic mass is 35.5. The standard InChI is InChI=1S/C24H17Cl2N3O3S/c1-2-32-24(31)20-19(14-8-4-6-10-17(14)26)15(12-27)21(28)29-22(30)18(33-23(20)29)11-13-7-3-5-9-16(13)25/h3-11,19H,2,28H2,1H3/b18-11-/t19-/m0/s1. The van der Waals surface area contributed by atoms with E-state index in [-0.39, 0.29) is 28.2 Å². The van der Waals surface area contributed by atoms with Gasteiger partial charge < -0.3 is 10.5 Å². The highest BCUT2D eigenvalue weighted by molar-refractivity contribution is 7.07. The molecule has 0 aliphatic carbocycles. The Bertz CT molecular complexity index is 1530. The summed E-state index contributed by atoms with van der Waals surface area (Å²) >= 11 is 13.8. The maximum Gasteiger partial charge on any atom is 0.338 e. The fraction of sp³-hybridized carbons (Fsp3) is 0.125. The lowest BCUT2D eigenvalue weighted by Crippen LogP contribution is -2.40. The van der Waals surface area contributed by atoms with Crippen molar-refractivity contribution in [2.45, 2.75) is 12.8 Å². The number of nitrogens with zero attached hydrogens (tertiary/aromatic N) is 2. The molecule has 0 amide bonds. The van der Waals surface area contributed by atoms with Crippen molar-refractivity contribution in [1.29, 1.82) is 5.26 Å². The van der Waals surface area contributed by atoms with Crippen LogP contribution in [0.5, 0.6) is 0 Å². The Balaban J connectivity index is 2.14. The summed E-state index contributed by atoms with van der Waals surface area (Å²) in [5.41, 5.74) is 7.21. The molecule has 33 heavy (non-hydrogen) atoms. The average Bonchev–Trinajstić information content (AvgIpc) is 3.11. The molecule has 2 aromatic carbocycles. The van der Waals surface area contributed by atoms with E-state index in [4.69, 9.17) is 33.7 Å². The number of rotatable bonds is 4. The molecule has 9 heteroatoms. The molecule has 1 aliphatic rings. The van der Waals surface area contributed by atoms with Gasteiger partial charge in [0.25, 0.3) is 5.56 Å². The predicted molar refractivity (Wildman–Crippen MR) is 130 cm³/mol. The van der Waals surface area contributed by atoms with Gasteiger partial charge in [-0.25, -0.2) is 4.79 Å². The van der Waals surface area contributed by atoms with Gasteiger partial charge in [-0.15, -0.1) is 11.3 Å². The molecule has 6 nitrogen and oxygen atoms in total. The van der Waals surface area contributed by atoms with Gasteiger partial charge in [-0.1, -0.05) is 59.6 Å². The van der Waals surface area contributed by atoms with Gasteiger partial charge in [0.1, 0.15) is 10.5 Å². The summed E-state index contributed by atoms with van der Waals surface area (Å²) in [5, 5.41) is 10.8. The van der Waals surface area contributed by atoms with Crippen LogP contribution in [0.25, 0.3) is 17.5 Å². The van der Waals surface area contributed by atoms with E-state index in [0.717, 1.165) is 11.3 Å². The molecular weight excluding hydrogens is 481 g/mol. The van der Waals surface area contributed by atoms with Crippen molar-refractivity contribution in [2.24, 2.45) is 5.73 Å². The molecule has 0 radical (unpaired) electrons. The van der Waals surface area contributed by atoms with Gasteiger partial charge in [0.05, 0.1) is 34.3 Å². The molecule has 4 rings (SSSR count). The Hall–Kier alpha value is -3.31. The second-order valence-electron chi connectivity index (χ2n) is 7.08. The number of carbonyl (C=O) groups excluding carboxylic acids is 1. The number of allylic oxidation sites excluding steroid dienone is 1. The zero-order valence-electron chi connectivity index (χ0n) is 17.3. The number of nitriles is 1. The average molecular weight is 498 g/mol. The minimum absolute atomic E-state index is 0.0443. The van der Waals surface area contributed by atoms with E-state index in [1.807, 2.05) is 0 Å². The van der Waals surface area contributed by atoms with Crippen molar-refractivity contribution in [3.8, 4) is 6.07 Å². The molecule has 0 saturated heterocycles. The number of nitrogens with two attached hydrogens (primary N) is 1. The summed E-state index contributed by atoms with van der Waals surface area (Å²) in [6.45, 7) is 1.80. The zero-order valence-corrected chi connectivity index (χ0v) is 19.7. The maximum absolute atomic E-state index is 13.3. The monoisotopic (exact) mass is 497 g/mol. The molecular formula is C24H17Cl2N3O3S. The van der Waals surface area contributed by atoms with Crippen molar-refractivity contribution < 1.29 is 9.53 Å².